The second-order valence-corrected chi connectivity index (χ2v) is 5.22. The Bertz CT molecular complexity index is 401. The third kappa shape index (κ3) is 13.1. The molecule has 0 saturated carbocycles. The van der Waals surface area contributed by atoms with Crippen LogP contribution in [0.15, 0.2) is 0 Å². The van der Waals surface area contributed by atoms with Crippen molar-refractivity contribution in [3.05, 3.63) is 0 Å². The minimum Gasteiger partial charge on any atom is -0.273 e. The Morgan fingerprint density at radius 3 is 1.25 bits per heavy atom. The van der Waals surface area contributed by atoms with Crippen LogP contribution in [0.5, 0.6) is 0 Å². The van der Waals surface area contributed by atoms with Gasteiger partial charge in [-0.2, -0.15) is 0 Å². The van der Waals surface area contributed by atoms with Crippen LogP contribution in [0.4, 0.5) is 9.59 Å². The first-order valence-electron chi connectivity index (χ1n) is 7.26. The molecule has 0 fully saturated rings. The van der Waals surface area contributed by atoms with Crippen LogP contribution in [0.1, 0.15) is 25.7 Å². The van der Waals surface area contributed by atoms with Crippen LogP contribution in [0.2, 0.25) is 0 Å². The second kappa shape index (κ2) is 11.9. The highest BCUT2D eigenvalue weighted by atomic mass is 16.2. The summed E-state index contributed by atoms with van der Waals surface area (Å²) in [4.78, 5) is 45.3. The highest BCUT2D eigenvalue weighted by Gasteiger charge is 2.07. The first kappa shape index (κ1) is 21.4. The summed E-state index contributed by atoms with van der Waals surface area (Å²) in [6.07, 6.45) is 1.23. The van der Waals surface area contributed by atoms with Crippen LogP contribution in [0.25, 0.3) is 0 Å². The van der Waals surface area contributed by atoms with Gasteiger partial charge in [-0.05, 0) is 12.8 Å². The van der Waals surface area contributed by atoms with Crippen LogP contribution >= 0.6 is 0 Å². The van der Waals surface area contributed by atoms with Crippen molar-refractivity contribution in [2.24, 2.45) is 0 Å². The molecule has 0 heterocycles. The summed E-state index contributed by atoms with van der Waals surface area (Å²) in [5.41, 5.74) is 13.6. The zero-order valence-corrected chi connectivity index (χ0v) is 14.4. The van der Waals surface area contributed by atoms with Gasteiger partial charge in [-0.15, -0.1) is 0 Å². The van der Waals surface area contributed by atoms with E-state index in [9.17, 15) is 19.2 Å². The maximum atomic E-state index is 11.5. The quantitative estimate of drug-likeness (QED) is 0.236. The Kier molecular flexibility index (Phi) is 10.6. The summed E-state index contributed by atoms with van der Waals surface area (Å²) < 4.78 is 0. The summed E-state index contributed by atoms with van der Waals surface area (Å²) >= 11 is 0. The SMILES string of the molecule is CN(C)NC(=O)NNC(=O)CCCCC(=O)NNC(=O)NN(C)C. The molecule has 0 bridgehead atoms. The van der Waals surface area contributed by atoms with Gasteiger partial charge < -0.3 is 0 Å². The second-order valence-electron chi connectivity index (χ2n) is 5.22. The van der Waals surface area contributed by atoms with Crippen molar-refractivity contribution < 1.29 is 19.2 Å². The first-order chi connectivity index (χ1) is 11.2. The molecule has 0 aliphatic carbocycles. The number of hydrogen-bond acceptors (Lipinski definition) is 6. The molecule has 6 amide bonds. The van der Waals surface area contributed by atoms with Gasteiger partial charge in [0.05, 0.1) is 0 Å². The highest BCUT2D eigenvalue weighted by Crippen LogP contribution is 1.99. The van der Waals surface area contributed by atoms with Gasteiger partial charge in [0.2, 0.25) is 11.8 Å². The smallest absolute Gasteiger partial charge is 0.273 e. The highest BCUT2D eigenvalue weighted by molar-refractivity contribution is 5.81. The molecular weight excluding hydrogens is 320 g/mol. The Morgan fingerprint density at radius 1 is 0.625 bits per heavy atom. The van der Waals surface area contributed by atoms with Crippen LogP contribution in [0.3, 0.4) is 0 Å². The van der Waals surface area contributed by atoms with E-state index in [0.29, 0.717) is 12.8 Å². The number of carbonyl (C=O) groups is 4. The largest absolute Gasteiger partial charge is 0.347 e. The van der Waals surface area contributed by atoms with Gasteiger partial charge in [0, 0.05) is 41.0 Å². The average molecular weight is 346 g/mol. The van der Waals surface area contributed by atoms with Crippen LogP contribution < -0.4 is 32.6 Å². The minimum atomic E-state index is -0.560. The Labute approximate surface area is 140 Å². The van der Waals surface area contributed by atoms with E-state index in [1.165, 1.54) is 10.0 Å². The Hall–Kier alpha value is -2.60. The fourth-order valence-electron chi connectivity index (χ4n) is 1.41. The third-order valence-electron chi connectivity index (χ3n) is 2.34. The summed E-state index contributed by atoms with van der Waals surface area (Å²) in [5, 5.41) is 2.85. The van der Waals surface area contributed by atoms with Gasteiger partial charge in [-0.25, -0.2) is 30.5 Å². The van der Waals surface area contributed by atoms with Crippen LogP contribution in [-0.2, 0) is 9.59 Å². The standard InChI is InChI=1S/C12H26N8O4/c1-19(2)17-11(23)15-13-9(21)7-5-6-8-10(22)14-16-12(24)18-20(3)4/h5-8H2,1-4H3,(H,13,21)(H,14,22)(H2,15,17,23)(H2,16,18,24). The molecule has 0 spiro atoms. The molecule has 0 unspecified atom stereocenters. The van der Waals surface area contributed by atoms with E-state index in [1.54, 1.807) is 28.2 Å². The van der Waals surface area contributed by atoms with E-state index in [1.807, 2.05) is 0 Å². The van der Waals surface area contributed by atoms with Gasteiger partial charge in [-0.3, -0.25) is 31.3 Å². The molecule has 0 aromatic heterocycles. The maximum Gasteiger partial charge on any atom is 0.347 e. The van der Waals surface area contributed by atoms with Gasteiger partial charge in [-0.1, -0.05) is 0 Å². The van der Waals surface area contributed by atoms with Crippen molar-refractivity contribution in [3.63, 3.8) is 0 Å². The molecule has 0 aliphatic rings. The molecule has 0 atom stereocenters. The predicted octanol–water partition coefficient (Wildman–Crippen LogP) is -1.84. The lowest BCUT2D eigenvalue weighted by Gasteiger charge is -2.13. The summed E-state index contributed by atoms with van der Waals surface area (Å²) in [5.74, 6) is -0.736. The molecule has 12 nitrogen and oxygen atoms in total. The molecule has 12 heteroatoms. The number of amides is 6. The first-order valence-corrected chi connectivity index (χ1v) is 7.26. The van der Waals surface area contributed by atoms with Crippen LogP contribution in [-0.4, -0.2) is 62.1 Å². The van der Waals surface area contributed by atoms with Gasteiger partial charge in [0.25, 0.3) is 0 Å². The van der Waals surface area contributed by atoms with E-state index in [-0.39, 0.29) is 24.7 Å². The van der Waals surface area contributed by atoms with Crippen molar-refractivity contribution in [3.8, 4) is 0 Å². The maximum absolute atomic E-state index is 11.5. The molecule has 0 aliphatic heterocycles. The number of nitrogens with zero attached hydrogens (tertiary/aromatic N) is 2. The topological polar surface area (TPSA) is 147 Å². The molecule has 6 N–H and O–H groups in total. The van der Waals surface area contributed by atoms with Crippen molar-refractivity contribution in [1.29, 1.82) is 0 Å². The molecule has 0 aromatic rings. The lowest BCUT2D eigenvalue weighted by Crippen LogP contribution is -2.50. The molecular formula is C12H26N8O4. The van der Waals surface area contributed by atoms with Crippen molar-refractivity contribution >= 4 is 23.9 Å². The number of hydrazine groups is 4. The van der Waals surface area contributed by atoms with Crippen molar-refractivity contribution in [2.75, 3.05) is 28.2 Å². The Morgan fingerprint density at radius 2 is 0.958 bits per heavy atom. The zero-order valence-electron chi connectivity index (χ0n) is 14.4. The van der Waals surface area contributed by atoms with E-state index in [2.05, 4.69) is 32.6 Å². The monoisotopic (exact) mass is 346 g/mol. The number of nitrogens with one attached hydrogen (secondary N) is 6. The summed E-state index contributed by atoms with van der Waals surface area (Å²) in [6.45, 7) is 0. The molecule has 0 aromatic carbocycles. The van der Waals surface area contributed by atoms with E-state index >= 15 is 0 Å². The number of rotatable bonds is 7. The van der Waals surface area contributed by atoms with E-state index in [4.69, 9.17) is 0 Å². The average Bonchev–Trinajstić information content (AvgIpc) is 2.46. The fourth-order valence-corrected chi connectivity index (χ4v) is 1.41. The normalized spacial score (nSPS) is 10.1. The molecule has 0 radical (unpaired) electrons. The summed E-state index contributed by atoms with van der Waals surface area (Å²) in [7, 11) is 6.52. The van der Waals surface area contributed by atoms with Crippen molar-refractivity contribution in [2.45, 2.75) is 25.7 Å². The van der Waals surface area contributed by atoms with Gasteiger partial charge in [0.1, 0.15) is 0 Å². The van der Waals surface area contributed by atoms with E-state index in [0.717, 1.165) is 0 Å². The number of hydrogen-bond donors (Lipinski definition) is 6. The molecule has 0 rings (SSSR count). The van der Waals surface area contributed by atoms with E-state index < -0.39 is 12.1 Å². The Balaban J connectivity index is 3.67. The van der Waals surface area contributed by atoms with Crippen LogP contribution in [0, 0.1) is 0 Å². The predicted molar refractivity (Wildman–Crippen MR) is 85.5 cm³/mol. The third-order valence-corrected chi connectivity index (χ3v) is 2.34. The van der Waals surface area contributed by atoms with Gasteiger partial charge in [0.15, 0.2) is 0 Å². The summed E-state index contributed by atoms with van der Waals surface area (Å²) in [6, 6.07) is -1.12. The minimum absolute atomic E-state index is 0.157. The fraction of sp³-hybridized carbons (Fsp3) is 0.667. The molecule has 24 heavy (non-hydrogen) atoms. The lowest BCUT2D eigenvalue weighted by atomic mass is 10.2. The molecule has 138 valence electrons. The van der Waals surface area contributed by atoms with Gasteiger partial charge >= 0.3 is 12.1 Å². The number of unbranched alkanes of at least 4 members (excludes halogenated alkanes) is 1. The number of urea groups is 2. The number of carbonyl (C=O) groups excluding carboxylic acids is 4. The lowest BCUT2D eigenvalue weighted by molar-refractivity contribution is -0.123. The van der Waals surface area contributed by atoms with Crippen molar-refractivity contribution in [1.82, 2.24) is 42.6 Å². The zero-order chi connectivity index (χ0) is 18.5. The molecule has 0 saturated heterocycles.